The Balaban J connectivity index is 2.32. The van der Waals surface area contributed by atoms with Crippen molar-refractivity contribution in [2.45, 2.75) is 26.2 Å². The molecule has 1 aromatic heterocycles. The van der Waals surface area contributed by atoms with E-state index < -0.39 is 0 Å². The topological polar surface area (TPSA) is 24.9 Å². The van der Waals surface area contributed by atoms with Gasteiger partial charge in [0.25, 0.3) is 0 Å². The molecule has 2 rings (SSSR count). The van der Waals surface area contributed by atoms with Crippen molar-refractivity contribution in [3.63, 3.8) is 0 Å². The van der Waals surface area contributed by atoms with Gasteiger partial charge in [0.2, 0.25) is 0 Å². The number of nitrogens with zero attached hydrogens (tertiary/aromatic N) is 1. The Labute approximate surface area is 117 Å². The van der Waals surface area contributed by atoms with Gasteiger partial charge in [-0.15, -0.1) is 0 Å². The molecule has 0 aliphatic carbocycles. The van der Waals surface area contributed by atoms with E-state index in [0.717, 1.165) is 16.0 Å². The summed E-state index contributed by atoms with van der Waals surface area (Å²) in [5.41, 5.74) is 2.51. The Hall–Kier alpha value is -1.35. The van der Waals surface area contributed by atoms with Crippen LogP contribution in [-0.4, -0.2) is 4.98 Å². The predicted molar refractivity (Wildman–Crippen MR) is 80.4 cm³/mol. The summed E-state index contributed by atoms with van der Waals surface area (Å²) in [6, 6.07) is 12.3. The lowest BCUT2D eigenvalue weighted by Crippen LogP contribution is -2.13. The molecule has 0 amide bonds. The summed E-state index contributed by atoms with van der Waals surface area (Å²) in [5, 5.41) is 3.37. The van der Waals surface area contributed by atoms with E-state index in [0.29, 0.717) is 0 Å². The van der Waals surface area contributed by atoms with Crippen molar-refractivity contribution in [2.24, 2.45) is 0 Å². The monoisotopic (exact) mass is 304 g/mol. The Morgan fingerprint density at radius 1 is 1.06 bits per heavy atom. The fourth-order valence-electron chi connectivity index (χ4n) is 1.83. The van der Waals surface area contributed by atoms with E-state index in [1.165, 1.54) is 5.56 Å². The lowest BCUT2D eigenvalue weighted by Gasteiger charge is -2.23. The number of rotatable bonds is 2. The largest absolute Gasteiger partial charge is 0.340 e. The number of hydrogen-bond donors (Lipinski definition) is 1. The van der Waals surface area contributed by atoms with Gasteiger partial charge in [-0.3, -0.25) is 0 Å². The number of aromatic nitrogens is 1. The molecule has 0 saturated carbocycles. The second-order valence-electron chi connectivity index (χ2n) is 5.28. The standard InChI is InChI=1S/C15H17BrN2/c1-15(2,3)12-6-4-5-7-13(12)18-14-9-8-11(16)10-17-14/h4-10H,1-3H3,(H,17,18). The molecular weight excluding hydrogens is 288 g/mol. The van der Waals surface area contributed by atoms with Crippen LogP contribution in [-0.2, 0) is 5.41 Å². The van der Waals surface area contributed by atoms with Crippen LogP contribution in [0, 0.1) is 0 Å². The molecule has 0 bridgehead atoms. The first-order valence-electron chi connectivity index (χ1n) is 5.95. The Kier molecular flexibility index (Phi) is 3.71. The van der Waals surface area contributed by atoms with Crippen molar-refractivity contribution in [3.8, 4) is 0 Å². The minimum atomic E-state index is 0.110. The zero-order chi connectivity index (χ0) is 13.2. The first-order valence-corrected chi connectivity index (χ1v) is 6.74. The van der Waals surface area contributed by atoms with E-state index in [4.69, 9.17) is 0 Å². The van der Waals surface area contributed by atoms with Gasteiger partial charge in [-0.05, 0) is 45.1 Å². The van der Waals surface area contributed by atoms with Gasteiger partial charge in [-0.2, -0.15) is 0 Å². The summed E-state index contributed by atoms with van der Waals surface area (Å²) >= 11 is 3.39. The highest BCUT2D eigenvalue weighted by Crippen LogP contribution is 2.30. The van der Waals surface area contributed by atoms with Gasteiger partial charge < -0.3 is 5.32 Å². The highest BCUT2D eigenvalue weighted by molar-refractivity contribution is 9.10. The molecule has 1 aromatic carbocycles. The van der Waals surface area contributed by atoms with Gasteiger partial charge in [-0.25, -0.2) is 4.98 Å². The highest BCUT2D eigenvalue weighted by atomic mass is 79.9. The predicted octanol–water partition coefficient (Wildman–Crippen LogP) is 4.89. The van der Waals surface area contributed by atoms with Crippen LogP contribution in [0.1, 0.15) is 26.3 Å². The summed E-state index contributed by atoms with van der Waals surface area (Å²) < 4.78 is 0.983. The molecule has 0 unspecified atom stereocenters. The van der Waals surface area contributed by atoms with Crippen LogP contribution >= 0.6 is 15.9 Å². The average Bonchev–Trinajstić information content (AvgIpc) is 2.31. The minimum Gasteiger partial charge on any atom is -0.340 e. The summed E-state index contributed by atoms with van der Waals surface area (Å²) in [5.74, 6) is 0.856. The Morgan fingerprint density at radius 2 is 1.78 bits per heavy atom. The number of benzene rings is 1. The second-order valence-corrected chi connectivity index (χ2v) is 6.20. The fourth-order valence-corrected chi connectivity index (χ4v) is 2.07. The maximum atomic E-state index is 4.34. The van der Waals surface area contributed by atoms with Crippen molar-refractivity contribution in [3.05, 3.63) is 52.6 Å². The molecule has 0 aliphatic heterocycles. The van der Waals surface area contributed by atoms with Crippen LogP contribution < -0.4 is 5.32 Å². The lowest BCUT2D eigenvalue weighted by atomic mass is 9.86. The molecule has 3 heteroatoms. The van der Waals surface area contributed by atoms with Crippen molar-refractivity contribution in [2.75, 3.05) is 5.32 Å². The van der Waals surface area contributed by atoms with Crippen LogP contribution in [0.3, 0.4) is 0 Å². The molecule has 2 nitrogen and oxygen atoms in total. The molecule has 0 aliphatic rings. The fraction of sp³-hybridized carbons (Fsp3) is 0.267. The van der Waals surface area contributed by atoms with Crippen LogP contribution in [0.2, 0.25) is 0 Å². The molecule has 1 N–H and O–H groups in total. The SMILES string of the molecule is CC(C)(C)c1ccccc1Nc1ccc(Br)cn1. The van der Waals surface area contributed by atoms with Gasteiger partial charge in [0.05, 0.1) is 0 Å². The van der Waals surface area contributed by atoms with Crippen molar-refractivity contribution in [1.29, 1.82) is 0 Å². The smallest absolute Gasteiger partial charge is 0.130 e. The second kappa shape index (κ2) is 5.11. The molecule has 0 atom stereocenters. The van der Waals surface area contributed by atoms with Gasteiger partial charge >= 0.3 is 0 Å². The minimum absolute atomic E-state index is 0.110. The van der Waals surface area contributed by atoms with E-state index in [2.05, 4.69) is 65.2 Å². The maximum Gasteiger partial charge on any atom is 0.130 e. The van der Waals surface area contributed by atoms with Crippen LogP contribution in [0.4, 0.5) is 11.5 Å². The molecule has 0 saturated heterocycles. The Morgan fingerprint density at radius 3 is 2.39 bits per heavy atom. The summed E-state index contributed by atoms with van der Waals surface area (Å²) in [4.78, 5) is 4.34. The van der Waals surface area contributed by atoms with Crippen molar-refractivity contribution < 1.29 is 0 Å². The van der Waals surface area contributed by atoms with E-state index in [1.807, 2.05) is 18.2 Å². The molecule has 2 aromatic rings. The van der Waals surface area contributed by atoms with Gasteiger partial charge in [0, 0.05) is 16.4 Å². The quantitative estimate of drug-likeness (QED) is 0.855. The van der Waals surface area contributed by atoms with E-state index in [-0.39, 0.29) is 5.41 Å². The average molecular weight is 305 g/mol. The van der Waals surface area contributed by atoms with Crippen molar-refractivity contribution in [1.82, 2.24) is 4.98 Å². The zero-order valence-electron chi connectivity index (χ0n) is 10.9. The number of halogens is 1. The van der Waals surface area contributed by atoms with E-state index in [9.17, 15) is 0 Å². The third kappa shape index (κ3) is 3.10. The number of para-hydroxylation sites is 1. The third-order valence-electron chi connectivity index (χ3n) is 2.73. The summed E-state index contributed by atoms with van der Waals surface area (Å²) in [6.07, 6.45) is 1.79. The first-order chi connectivity index (χ1) is 8.47. The van der Waals surface area contributed by atoms with Crippen molar-refractivity contribution >= 4 is 27.4 Å². The van der Waals surface area contributed by atoms with Crippen LogP contribution in [0.25, 0.3) is 0 Å². The number of nitrogens with one attached hydrogen (secondary N) is 1. The van der Waals surface area contributed by atoms with Gasteiger partial charge in [-0.1, -0.05) is 39.0 Å². The summed E-state index contributed by atoms with van der Waals surface area (Å²) in [7, 11) is 0. The first kappa shape index (κ1) is 13.1. The number of anilines is 2. The van der Waals surface area contributed by atoms with E-state index >= 15 is 0 Å². The molecule has 94 valence electrons. The zero-order valence-corrected chi connectivity index (χ0v) is 12.5. The molecule has 0 spiro atoms. The van der Waals surface area contributed by atoms with Crippen LogP contribution in [0.5, 0.6) is 0 Å². The van der Waals surface area contributed by atoms with Gasteiger partial charge in [0.15, 0.2) is 0 Å². The summed E-state index contributed by atoms with van der Waals surface area (Å²) in [6.45, 7) is 6.63. The van der Waals surface area contributed by atoms with E-state index in [1.54, 1.807) is 6.20 Å². The maximum absolute atomic E-state index is 4.34. The Bertz CT molecular complexity index is 527. The molecular formula is C15H17BrN2. The molecule has 0 radical (unpaired) electrons. The molecule has 18 heavy (non-hydrogen) atoms. The number of hydrogen-bond acceptors (Lipinski definition) is 2. The lowest BCUT2D eigenvalue weighted by molar-refractivity contribution is 0.592. The number of pyridine rings is 1. The third-order valence-corrected chi connectivity index (χ3v) is 3.19. The normalized spacial score (nSPS) is 11.3. The van der Waals surface area contributed by atoms with Crippen LogP contribution in [0.15, 0.2) is 47.1 Å². The molecule has 0 fully saturated rings. The molecule has 1 heterocycles. The van der Waals surface area contributed by atoms with Gasteiger partial charge in [0.1, 0.15) is 5.82 Å². The highest BCUT2D eigenvalue weighted by Gasteiger charge is 2.17.